The highest BCUT2D eigenvalue weighted by atomic mass is 32.2. The van der Waals surface area contributed by atoms with Crippen LogP contribution in [0, 0.1) is 0 Å². The van der Waals surface area contributed by atoms with Crippen molar-refractivity contribution in [2.45, 2.75) is 30.9 Å². The molecule has 1 fully saturated rings. The molecular formula is C9H12OS. The van der Waals surface area contributed by atoms with Crippen LogP contribution < -0.4 is 0 Å². The van der Waals surface area contributed by atoms with Crippen molar-refractivity contribution in [2.75, 3.05) is 5.75 Å². The molecule has 1 aliphatic carbocycles. The van der Waals surface area contributed by atoms with Crippen molar-refractivity contribution in [1.29, 1.82) is 0 Å². The summed E-state index contributed by atoms with van der Waals surface area (Å²) in [6, 6.07) is 0. The van der Waals surface area contributed by atoms with Crippen LogP contribution >= 0.6 is 11.8 Å². The number of hydrogen-bond acceptors (Lipinski definition) is 2. The standard InChI is InChI=1S/C9H12OS/c1-9-4-2-8(10)6-7(9)3-5-11-9/h6H,2-5H2,1H3. The van der Waals surface area contributed by atoms with Gasteiger partial charge in [-0.3, -0.25) is 4.79 Å². The fourth-order valence-corrected chi connectivity index (χ4v) is 3.19. The Bertz CT molecular complexity index is 232. The molecule has 2 aliphatic rings. The quantitative estimate of drug-likeness (QED) is 0.551. The number of ketones is 1. The summed E-state index contributed by atoms with van der Waals surface area (Å²) in [5.74, 6) is 1.54. The fourth-order valence-electron chi connectivity index (χ4n) is 1.83. The van der Waals surface area contributed by atoms with Crippen LogP contribution in [-0.4, -0.2) is 16.3 Å². The van der Waals surface area contributed by atoms with Gasteiger partial charge >= 0.3 is 0 Å². The first-order valence-corrected chi connectivity index (χ1v) is 5.07. The van der Waals surface area contributed by atoms with Crippen LogP contribution in [0.4, 0.5) is 0 Å². The largest absolute Gasteiger partial charge is 0.295 e. The van der Waals surface area contributed by atoms with Crippen LogP contribution in [0.15, 0.2) is 11.6 Å². The molecule has 0 aromatic carbocycles. The first-order valence-electron chi connectivity index (χ1n) is 4.08. The molecule has 0 aromatic rings. The summed E-state index contributed by atoms with van der Waals surface area (Å²) < 4.78 is 0.327. The van der Waals surface area contributed by atoms with Crippen LogP contribution in [0.5, 0.6) is 0 Å². The third-order valence-corrected chi connectivity index (χ3v) is 4.17. The molecule has 2 rings (SSSR count). The highest BCUT2D eigenvalue weighted by molar-refractivity contribution is 8.01. The van der Waals surface area contributed by atoms with Crippen molar-refractivity contribution in [3.05, 3.63) is 11.6 Å². The normalized spacial score (nSPS) is 36.8. The van der Waals surface area contributed by atoms with E-state index < -0.39 is 0 Å². The van der Waals surface area contributed by atoms with Gasteiger partial charge in [-0.05, 0) is 31.6 Å². The first-order chi connectivity index (χ1) is 5.21. The van der Waals surface area contributed by atoms with Gasteiger partial charge in [0.2, 0.25) is 0 Å². The van der Waals surface area contributed by atoms with Gasteiger partial charge in [0, 0.05) is 11.2 Å². The van der Waals surface area contributed by atoms with Gasteiger partial charge in [-0.1, -0.05) is 5.57 Å². The average Bonchev–Trinajstić information content (AvgIpc) is 2.31. The Hall–Kier alpha value is -0.240. The van der Waals surface area contributed by atoms with E-state index in [2.05, 4.69) is 6.92 Å². The molecule has 0 bridgehead atoms. The minimum absolute atomic E-state index is 0.327. The van der Waals surface area contributed by atoms with Crippen molar-refractivity contribution in [3.63, 3.8) is 0 Å². The number of hydrogen-bond donors (Lipinski definition) is 0. The number of fused-ring (bicyclic) bond motifs is 1. The van der Waals surface area contributed by atoms with Crippen LogP contribution in [0.25, 0.3) is 0 Å². The lowest BCUT2D eigenvalue weighted by molar-refractivity contribution is -0.115. The second kappa shape index (κ2) is 2.37. The summed E-state index contributed by atoms with van der Waals surface area (Å²) in [6.07, 6.45) is 4.83. The fraction of sp³-hybridized carbons (Fsp3) is 0.667. The molecule has 1 unspecified atom stereocenters. The average molecular weight is 168 g/mol. The highest BCUT2D eigenvalue weighted by Crippen LogP contribution is 2.47. The van der Waals surface area contributed by atoms with Crippen molar-refractivity contribution in [2.24, 2.45) is 0 Å². The Kier molecular flexibility index (Phi) is 1.60. The second-order valence-electron chi connectivity index (χ2n) is 3.47. The topological polar surface area (TPSA) is 17.1 Å². The van der Waals surface area contributed by atoms with Crippen LogP contribution in [0.3, 0.4) is 0 Å². The zero-order valence-electron chi connectivity index (χ0n) is 6.72. The molecule has 11 heavy (non-hydrogen) atoms. The van der Waals surface area contributed by atoms with E-state index >= 15 is 0 Å². The third-order valence-electron chi connectivity index (χ3n) is 2.65. The van der Waals surface area contributed by atoms with Crippen molar-refractivity contribution < 1.29 is 4.79 Å². The highest BCUT2D eigenvalue weighted by Gasteiger charge is 2.37. The minimum atomic E-state index is 0.327. The summed E-state index contributed by atoms with van der Waals surface area (Å²) in [4.78, 5) is 11.1. The monoisotopic (exact) mass is 168 g/mol. The molecule has 60 valence electrons. The van der Waals surface area contributed by atoms with Gasteiger partial charge in [0.05, 0.1) is 0 Å². The Balaban J connectivity index is 2.34. The molecule has 0 N–H and O–H groups in total. The number of rotatable bonds is 0. The van der Waals surface area contributed by atoms with Gasteiger partial charge in [0.1, 0.15) is 0 Å². The number of carbonyl (C=O) groups excluding carboxylic acids is 1. The van der Waals surface area contributed by atoms with Gasteiger partial charge in [-0.2, -0.15) is 11.8 Å². The Morgan fingerprint density at radius 1 is 1.55 bits per heavy atom. The predicted octanol–water partition coefficient (Wildman–Crippen LogP) is 2.17. The van der Waals surface area contributed by atoms with E-state index in [1.54, 1.807) is 0 Å². The van der Waals surface area contributed by atoms with Crippen molar-refractivity contribution in [1.82, 2.24) is 0 Å². The molecule has 1 nitrogen and oxygen atoms in total. The Morgan fingerprint density at radius 2 is 2.36 bits per heavy atom. The van der Waals surface area contributed by atoms with Gasteiger partial charge in [0.25, 0.3) is 0 Å². The van der Waals surface area contributed by atoms with E-state index in [4.69, 9.17) is 0 Å². The van der Waals surface area contributed by atoms with E-state index in [-0.39, 0.29) is 0 Å². The van der Waals surface area contributed by atoms with E-state index in [0.29, 0.717) is 10.5 Å². The lowest BCUT2D eigenvalue weighted by Gasteiger charge is -2.27. The second-order valence-corrected chi connectivity index (χ2v) is 5.06. The molecular weight excluding hydrogens is 156 g/mol. The van der Waals surface area contributed by atoms with E-state index in [1.165, 1.54) is 11.3 Å². The molecule has 1 heterocycles. The molecule has 0 amide bonds. The summed E-state index contributed by atoms with van der Waals surface area (Å²) in [5.41, 5.74) is 1.39. The van der Waals surface area contributed by atoms with Gasteiger partial charge in [-0.15, -0.1) is 0 Å². The summed E-state index contributed by atoms with van der Waals surface area (Å²) >= 11 is 2.01. The Morgan fingerprint density at radius 3 is 3.18 bits per heavy atom. The van der Waals surface area contributed by atoms with Crippen LogP contribution in [0.2, 0.25) is 0 Å². The first kappa shape index (κ1) is 7.41. The van der Waals surface area contributed by atoms with E-state index in [0.717, 1.165) is 19.3 Å². The molecule has 2 heteroatoms. The molecule has 1 saturated heterocycles. The predicted molar refractivity (Wildman–Crippen MR) is 47.8 cm³/mol. The third kappa shape index (κ3) is 1.13. The zero-order chi connectivity index (χ0) is 7.90. The maximum absolute atomic E-state index is 11.1. The lowest BCUT2D eigenvalue weighted by Crippen LogP contribution is -2.24. The number of allylic oxidation sites excluding steroid dienone is 1. The van der Waals surface area contributed by atoms with Gasteiger partial charge < -0.3 is 0 Å². The molecule has 0 aromatic heterocycles. The summed E-state index contributed by atoms with van der Waals surface area (Å²) in [5, 5.41) is 0. The smallest absolute Gasteiger partial charge is 0.155 e. The maximum atomic E-state index is 11.1. The van der Waals surface area contributed by atoms with Crippen molar-refractivity contribution in [3.8, 4) is 0 Å². The number of carbonyl (C=O) groups is 1. The zero-order valence-corrected chi connectivity index (χ0v) is 7.54. The maximum Gasteiger partial charge on any atom is 0.155 e. The van der Waals surface area contributed by atoms with Crippen LogP contribution in [0.1, 0.15) is 26.2 Å². The molecule has 0 spiro atoms. The summed E-state index contributed by atoms with van der Waals surface area (Å²) in [6.45, 7) is 2.27. The van der Waals surface area contributed by atoms with Gasteiger partial charge in [-0.25, -0.2) is 0 Å². The molecule has 1 aliphatic heterocycles. The summed E-state index contributed by atoms with van der Waals surface area (Å²) in [7, 11) is 0. The minimum Gasteiger partial charge on any atom is -0.295 e. The Labute approximate surface area is 71.2 Å². The molecule has 0 radical (unpaired) electrons. The lowest BCUT2D eigenvalue weighted by atomic mass is 9.87. The molecule has 1 atom stereocenters. The van der Waals surface area contributed by atoms with Crippen molar-refractivity contribution >= 4 is 17.5 Å². The van der Waals surface area contributed by atoms with E-state index in [1.807, 2.05) is 17.8 Å². The van der Waals surface area contributed by atoms with Crippen LogP contribution in [-0.2, 0) is 4.79 Å². The SMILES string of the molecule is CC12CCC(=O)C=C1CCS2. The van der Waals surface area contributed by atoms with Gasteiger partial charge in [0.15, 0.2) is 5.78 Å². The number of thioether (sulfide) groups is 1. The van der Waals surface area contributed by atoms with E-state index in [9.17, 15) is 4.79 Å². The molecule has 0 saturated carbocycles.